The number of amides is 1. The van der Waals surface area contributed by atoms with Gasteiger partial charge in [0.25, 0.3) is 11.8 Å². The minimum Gasteiger partial charge on any atom is -0.388 e. The number of carbonyl (C=O) groups excluding carboxylic acids is 1. The average molecular weight is 554 g/mol. The van der Waals surface area contributed by atoms with E-state index in [9.17, 15) is 31.9 Å². The first-order valence-electron chi connectivity index (χ1n) is 12.4. The lowest BCUT2D eigenvalue weighted by Crippen LogP contribution is -2.50. The second kappa shape index (κ2) is 9.49. The summed E-state index contributed by atoms with van der Waals surface area (Å²) in [4.78, 5) is 21.9. The number of carbonyl (C=O) groups is 1. The number of rotatable bonds is 7. The normalized spacial score (nSPS) is 22.4. The van der Waals surface area contributed by atoms with Gasteiger partial charge in [-0.3, -0.25) is 19.2 Å². The first-order chi connectivity index (χ1) is 18.1. The maximum Gasteiger partial charge on any atom is 0.417 e. The molecule has 1 saturated carbocycles. The molecule has 0 bridgehead atoms. The van der Waals surface area contributed by atoms with Crippen molar-refractivity contribution in [1.82, 2.24) is 19.4 Å². The number of aliphatic hydroxyl groups is 1. The summed E-state index contributed by atoms with van der Waals surface area (Å²) >= 11 is 0. The van der Waals surface area contributed by atoms with Crippen LogP contribution in [0.4, 0.5) is 22.0 Å². The van der Waals surface area contributed by atoms with Crippen molar-refractivity contribution >= 4 is 16.8 Å². The van der Waals surface area contributed by atoms with Gasteiger partial charge in [-0.15, -0.1) is 0 Å². The molecule has 0 aromatic carbocycles. The Kier molecular flexibility index (Phi) is 6.67. The fraction of sp³-hybridized carbons (Fsp3) is 0.500. The fourth-order valence-electron chi connectivity index (χ4n) is 5.23. The van der Waals surface area contributed by atoms with Crippen LogP contribution in [0.15, 0.2) is 36.7 Å². The molecule has 2 aliphatic rings. The summed E-state index contributed by atoms with van der Waals surface area (Å²) in [6.07, 6.45) is -3.48. The second-order valence-corrected chi connectivity index (χ2v) is 10.9. The highest BCUT2D eigenvalue weighted by atomic mass is 19.4. The van der Waals surface area contributed by atoms with Crippen LogP contribution < -0.4 is 5.73 Å². The fourth-order valence-corrected chi connectivity index (χ4v) is 5.23. The summed E-state index contributed by atoms with van der Waals surface area (Å²) < 4.78 is 74.7. The SMILES string of the molecule is CC(C)(O)CO[C@H]1CN(C2CC(F)(F)C2)C[C@@H]1c1cc2cnc(C(N)=O)cc2n1-c1ccc(C(F)(F)F)cn1. The maximum atomic E-state index is 13.7. The molecule has 1 saturated heterocycles. The quantitative estimate of drug-likeness (QED) is 0.430. The van der Waals surface area contributed by atoms with Gasteiger partial charge in [-0.2, -0.15) is 13.2 Å². The molecule has 13 heteroatoms. The Bertz CT molecular complexity index is 1380. The predicted octanol–water partition coefficient (Wildman–Crippen LogP) is 3.89. The molecule has 1 aliphatic carbocycles. The van der Waals surface area contributed by atoms with Crippen LogP contribution in [0.5, 0.6) is 0 Å². The van der Waals surface area contributed by atoms with Crippen molar-refractivity contribution in [2.75, 3.05) is 19.7 Å². The molecule has 210 valence electrons. The molecular weight excluding hydrogens is 525 g/mol. The van der Waals surface area contributed by atoms with Crippen LogP contribution in [0.3, 0.4) is 0 Å². The van der Waals surface area contributed by atoms with Crippen LogP contribution in [-0.2, 0) is 10.9 Å². The van der Waals surface area contributed by atoms with Gasteiger partial charge in [-0.25, -0.2) is 13.8 Å². The van der Waals surface area contributed by atoms with Gasteiger partial charge >= 0.3 is 6.18 Å². The zero-order valence-corrected chi connectivity index (χ0v) is 21.3. The predicted molar refractivity (Wildman–Crippen MR) is 131 cm³/mol. The molecule has 3 N–H and O–H groups in total. The van der Waals surface area contributed by atoms with Gasteiger partial charge in [0.1, 0.15) is 11.5 Å². The van der Waals surface area contributed by atoms with E-state index in [2.05, 4.69) is 9.97 Å². The van der Waals surface area contributed by atoms with Gasteiger partial charge in [0.05, 0.1) is 29.4 Å². The van der Waals surface area contributed by atoms with Crippen molar-refractivity contribution in [3.05, 3.63) is 53.6 Å². The Morgan fingerprint density at radius 3 is 2.44 bits per heavy atom. The Balaban J connectivity index is 1.60. The number of pyridine rings is 2. The van der Waals surface area contributed by atoms with Crippen LogP contribution in [0.1, 0.15) is 54.4 Å². The topological polar surface area (TPSA) is 107 Å². The number of ether oxygens (including phenoxy) is 1. The van der Waals surface area contributed by atoms with Crippen molar-refractivity contribution in [2.24, 2.45) is 5.73 Å². The molecular formula is C26H28F5N5O3. The maximum absolute atomic E-state index is 13.7. The summed E-state index contributed by atoms with van der Waals surface area (Å²) in [5.74, 6) is -3.77. The molecule has 4 heterocycles. The van der Waals surface area contributed by atoms with Crippen LogP contribution >= 0.6 is 0 Å². The number of alkyl halides is 5. The summed E-state index contributed by atoms with van der Waals surface area (Å²) in [6, 6.07) is 5.00. The lowest BCUT2D eigenvalue weighted by Gasteiger charge is -2.40. The molecule has 1 amide bonds. The molecule has 1 aliphatic heterocycles. The van der Waals surface area contributed by atoms with E-state index >= 15 is 0 Å². The van der Waals surface area contributed by atoms with Gasteiger partial charge in [-0.05, 0) is 38.1 Å². The molecule has 8 nitrogen and oxygen atoms in total. The Morgan fingerprint density at radius 2 is 1.87 bits per heavy atom. The first-order valence-corrected chi connectivity index (χ1v) is 12.4. The zero-order chi connectivity index (χ0) is 28.3. The summed E-state index contributed by atoms with van der Waals surface area (Å²) in [5.41, 5.74) is 4.34. The average Bonchev–Trinajstić information content (AvgIpc) is 3.41. The third-order valence-corrected chi connectivity index (χ3v) is 7.18. The number of fused-ring (bicyclic) bond motifs is 1. The third kappa shape index (κ3) is 5.61. The molecule has 2 fully saturated rings. The second-order valence-electron chi connectivity index (χ2n) is 10.9. The van der Waals surface area contributed by atoms with Crippen molar-refractivity contribution < 1.29 is 36.6 Å². The lowest BCUT2D eigenvalue weighted by atomic mass is 9.87. The van der Waals surface area contributed by atoms with Gasteiger partial charge in [0, 0.05) is 61.4 Å². The molecule has 0 spiro atoms. The molecule has 2 atom stereocenters. The molecule has 0 unspecified atom stereocenters. The van der Waals surface area contributed by atoms with E-state index in [0.29, 0.717) is 29.7 Å². The number of aromatic nitrogens is 3. The van der Waals surface area contributed by atoms with E-state index in [1.807, 2.05) is 4.90 Å². The zero-order valence-electron chi connectivity index (χ0n) is 21.3. The van der Waals surface area contributed by atoms with E-state index in [1.54, 1.807) is 24.5 Å². The Labute approximate surface area is 220 Å². The number of primary amides is 1. The number of likely N-dealkylation sites (tertiary alicyclic amines) is 1. The van der Waals surface area contributed by atoms with Crippen molar-refractivity contribution in [3.63, 3.8) is 0 Å². The van der Waals surface area contributed by atoms with Crippen molar-refractivity contribution in [1.29, 1.82) is 0 Å². The molecule has 39 heavy (non-hydrogen) atoms. The summed E-state index contributed by atoms with van der Waals surface area (Å²) in [7, 11) is 0. The van der Waals surface area contributed by atoms with Gasteiger partial charge in [0.2, 0.25) is 0 Å². The van der Waals surface area contributed by atoms with Crippen molar-refractivity contribution in [3.8, 4) is 5.82 Å². The van der Waals surface area contributed by atoms with Gasteiger partial charge in [-0.1, -0.05) is 0 Å². The molecule has 0 radical (unpaired) electrons. The monoisotopic (exact) mass is 553 g/mol. The highest BCUT2D eigenvalue weighted by molar-refractivity contribution is 5.95. The van der Waals surface area contributed by atoms with Crippen LogP contribution in [-0.4, -0.2) is 73.8 Å². The standard InChI is InChI=1S/C26H28F5N5O3/c1-24(2,38)13-39-21-12-35(16-7-25(27,28)8-16)11-17(21)20-5-14-9-33-18(23(32)37)6-19(14)36(20)22-4-3-15(10-34-22)26(29,30)31/h3-6,9-10,16-17,21,38H,7-8,11-13H2,1-2H3,(H2,32,37)/t17-,21+/m1/s1. The van der Waals surface area contributed by atoms with E-state index in [4.69, 9.17) is 10.5 Å². The first kappa shape index (κ1) is 27.4. The van der Waals surface area contributed by atoms with Gasteiger partial charge < -0.3 is 15.6 Å². The number of halogens is 5. The highest BCUT2D eigenvalue weighted by Gasteiger charge is 2.51. The number of nitrogens with zero attached hydrogens (tertiary/aromatic N) is 4. The summed E-state index contributed by atoms with van der Waals surface area (Å²) in [6.45, 7) is 3.82. The van der Waals surface area contributed by atoms with E-state index in [1.165, 1.54) is 18.3 Å². The number of hydrogen-bond donors (Lipinski definition) is 2. The van der Waals surface area contributed by atoms with E-state index in [-0.39, 0.29) is 37.0 Å². The summed E-state index contributed by atoms with van der Waals surface area (Å²) in [5, 5.41) is 10.8. The molecule has 5 rings (SSSR count). The largest absolute Gasteiger partial charge is 0.417 e. The smallest absolute Gasteiger partial charge is 0.388 e. The van der Waals surface area contributed by atoms with Crippen molar-refractivity contribution in [2.45, 2.75) is 62.5 Å². The molecule has 3 aromatic rings. The van der Waals surface area contributed by atoms with Crippen LogP contribution in [0, 0.1) is 0 Å². The Hall–Kier alpha value is -3.16. The number of nitrogens with two attached hydrogens (primary N) is 1. The minimum absolute atomic E-state index is 0.0189. The Morgan fingerprint density at radius 1 is 1.15 bits per heavy atom. The minimum atomic E-state index is -4.58. The van der Waals surface area contributed by atoms with E-state index in [0.717, 1.165) is 12.3 Å². The van der Waals surface area contributed by atoms with Crippen LogP contribution in [0.25, 0.3) is 16.7 Å². The number of hydrogen-bond acceptors (Lipinski definition) is 6. The van der Waals surface area contributed by atoms with Crippen LogP contribution in [0.2, 0.25) is 0 Å². The highest BCUT2D eigenvalue weighted by Crippen LogP contribution is 2.44. The molecule has 3 aromatic heterocycles. The van der Waals surface area contributed by atoms with E-state index < -0.39 is 41.2 Å². The lowest BCUT2D eigenvalue weighted by molar-refractivity contribution is -0.137. The third-order valence-electron chi connectivity index (χ3n) is 7.18. The van der Waals surface area contributed by atoms with Gasteiger partial charge in [0.15, 0.2) is 0 Å².